The van der Waals surface area contributed by atoms with Crippen LogP contribution in [0.15, 0.2) is 67.4 Å². The summed E-state index contributed by atoms with van der Waals surface area (Å²) in [5.41, 5.74) is 4.07. The molecule has 3 rings (SSSR count). The van der Waals surface area contributed by atoms with Gasteiger partial charge in [-0.15, -0.1) is 0 Å². The van der Waals surface area contributed by atoms with Crippen LogP contribution in [0.1, 0.15) is 0 Å². The molecule has 0 saturated heterocycles. The van der Waals surface area contributed by atoms with Crippen LogP contribution in [0.2, 0.25) is 0 Å². The standard InChI is InChI=1S/C17H13N3O/c1-2-17(21)19-13-7-5-6-12(10-13)16-11-18-14-8-3-4-9-15(14)20-16/h2-11H,1H2,(H,19,21). The van der Waals surface area contributed by atoms with E-state index in [9.17, 15) is 4.79 Å². The van der Waals surface area contributed by atoms with Gasteiger partial charge in [-0.1, -0.05) is 30.8 Å². The lowest BCUT2D eigenvalue weighted by Gasteiger charge is -2.06. The Labute approximate surface area is 122 Å². The van der Waals surface area contributed by atoms with Crippen LogP contribution in [0.5, 0.6) is 0 Å². The van der Waals surface area contributed by atoms with E-state index in [1.807, 2.05) is 48.5 Å². The molecular weight excluding hydrogens is 262 g/mol. The number of fused-ring (bicyclic) bond motifs is 1. The zero-order chi connectivity index (χ0) is 14.7. The first-order valence-corrected chi connectivity index (χ1v) is 6.52. The fraction of sp³-hybridized carbons (Fsp3) is 0. The summed E-state index contributed by atoms with van der Waals surface area (Å²) >= 11 is 0. The van der Waals surface area contributed by atoms with Gasteiger partial charge < -0.3 is 5.32 Å². The highest BCUT2D eigenvalue weighted by molar-refractivity contribution is 5.99. The van der Waals surface area contributed by atoms with Gasteiger partial charge in [-0.05, 0) is 30.3 Å². The molecule has 1 aromatic heterocycles. The van der Waals surface area contributed by atoms with Crippen molar-refractivity contribution in [3.8, 4) is 11.3 Å². The number of para-hydroxylation sites is 2. The molecule has 1 N–H and O–H groups in total. The maximum Gasteiger partial charge on any atom is 0.247 e. The van der Waals surface area contributed by atoms with Crippen molar-refractivity contribution < 1.29 is 4.79 Å². The second-order valence-corrected chi connectivity index (χ2v) is 4.52. The summed E-state index contributed by atoms with van der Waals surface area (Å²) in [6, 6.07) is 15.2. The van der Waals surface area contributed by atoms with Gasteiger partial charge in [0.25, 0.3) is 0 Å². The lowest BCUT2D eigenvalue weighted by Crippen LogP contribution is -2.07. The molecule has 2 aromatic carbocycles. The third-order valence-corrected chi connectivity index (χ3v) is 3.06. The van der Waals surface area contributed by atoms with E-state index in [1.54, 1.807) is 6.20 Å². The second kappa shape index (κ2) is 5.54. The number of hydrogen-bond acceptors (Lipinski definition) is 3. The molecule has 0 fully saturated rings. The second-order valence-electron chi connectivity index (χ2n) is 4.52. The Morgan fingerprint density at radius 1 is 1.10 bits per heavy atom. The van der Waals surface area contributed by atoms with Crippen LogP contribution in [0.25, 0.3) is 22.3 Å². The van der Waals surface area contributed by atoms with Gasteiger partial charge in [0.1, 0.15) is 0 Å². The Bertz CT molecular complexity index is 827. The number of nitrogens with one attached hydrogen (secondary N) is 1. The lowest BCUT2D eigenvalue weighted by molar-refractivity contribution is -0.111. The van der Waals surface area contributed by atoms with E-state index in [-0.39, 0.29) is 5.91 Å². The molecule has 0 bridgehead atoms. The smallest absolute Gasteiger partial charge is 0.247 e. The van der Waals surface area contributed by atoms with Crippen LogP contribution in [-0.4, -0.2) is 15.9 Å². The van der Waals surface area contributed by atoms with E-state index in [0.29, 0.717) is 5.69 Å². The summed E-state index contributed by atoms with van der Waals surface area (Å²) in [4.78, 5) is 20.3. The van der Waals surface area contributed by atoms with E-state index in [2.05, 4.69) is 21.9 Å². The van der Waals surface area contributed by atoms with Crippen molar-refractivity contribution in [3.63, 3.8) is 0 Å². The van der Waals surface area contributed by atoms with Crippen LogP contribution >= 0.6 is 0 Å². The van der Waals surface area contributed by atoms with Crippen LogP contribution in [0, 0.1) is 0 Å². The first-order valence-electron chi connectivity index (χ1n) is 6.52. The van der Waals surface area contributed by atoms with Crippen molar-refractivity contribution in [1.29, 1.82) is 0 Å². The van der Waals surface area contributed by atoms with Gasteiger partial charge in [-0.2, -0.15) is 0 Å². The number of aromatic nitrogens is 2. The number of carbonyl (C=O) groups excluding carboxylic acids is 1. The lowest BCUT2D eigenvalue weighted by atomic mass is 10.1. The summed E-state index contributed by atoms with van der Waals surface area (Å²) in [7, 11) is 0. The Morgan fingerprint density at radius 2 is 1.90 bits per heavy atom. The predicted octanol–water partition coefficient (Wildman–Crippen LogP) is 3.42. The van der Waals surface area contributed by atoms with Gasteiger partial charge in [0.05, 0.1) is 22.9 Å². The summed E-state index contributed by atoms with van der Waals surface area (Å²) < 4.78 is 0. The van der Waals surface area contributed by atoms with Crippen LogP contribution in [-0.2, 0) is 4.79 Å². The van der Waals surface area contributed by atoms with Gasteiger partial charge in [0.2, 0.25) is 5.91 Å². The average molecular weight is 275 g/mol. The molecule has 0 aliphatic rings. The summed E-state index contributed by atoms with van der Waals surface area (Å²) in [6.45, 7) is 3.44. The van der Waals surface area contributed by atoms with Crippen molar-refractivity contribution in [1.82, 2.24) is 9.97 Å². The molecule has 0 radical (unpaired) electrons. The zero-order valence-electron chi connectivity index (χ0n) is 11.3. The molecule has 102 valence electrons. The molecule has 1 heterocycles. The van der Waals surface area contributed by atoms with Gasteiger partial charge in [-0.3, -0.25) is 9.78 Å². The first kappa shape index (κ1) is 13.0. The molecule has 0 aliphatic carbocycles. The fourth-order valence-corrected chi connectivity index (χ4v) is 2.05. The molecule has 0 aliphatic heterocycles. The summed E-state index contributed by atoms with van der Waals surface area (Å²) in [5, 5.41) is 2.73. The molecule has 4 nitrogen and oxygen atoms in total. The molecule has 0 unspecified atom stereocenters. The molecule has 4 heteroatoms. The van der Waals surface area contributed by atoms with Crippen LogP contribution in [0.4, 0.5) is 5.69 Å². The van der Waals surface area contributed by atoms with Crippen LogP contribution in [0.3, 0.4) is 0 Å². The Balaban J connectivity index is 1.99. The largest absolute Gasteiger partial charge is 0.323 e. The van der Waals surface area contributed by atoms with Crippen molar-refractivity contribution in [2.75, 3.05) is 5.32 Å². The van der Waals surface area contributed by atoms with Crippen molar-refractivity contribution in [2.45, 2.75) is 0 Å². The van der Waals surface area contributed by atoms with Gasteiger partial charge >= 0.3 is 0 Å². The number of nitrogens with zero attached hydrogens (tertiary/aromatic N) is 2. The van der Waals surface area contributed by atoms with Gasteiger partial charge in [0.15, 0.2) is 0 Å². The monoisotopic (exact) mass is 275 g/mol. The van der Waals surface area contributed by atoms with E-state index in [0.717, 1.165) is 22.3 Å². The third kappa shape index (κ3) is 2.79. The maximum atomic E-state index is 11.3. The van der Waals surface area contributed by atoms with Gasteiger partial charge in [0, 0.05) is 11.3 Å². The highest BCUT2D eigenvalue weighted by atomic mass is 16.1. The number of anilines is 1. The molecule has 1 amide bonds. The van der Waals surface area contributed by atoms with E-state index >= 15 is 0 Å². The van der Waals surface area contributed by atoms with Gasteiger partial charge in [-0.25, -0.2) is 4.98 Å². The fourth-order valence-electron chi connectivity index (χ4n) is 2.05. The minimum atomic E-state index is -0.239. The number of benzene rings is 2. The first-order chi connectivity index (χ1) is 10.3. The van der Waals surface area contributed by atoms with Crippen LogP contribution < -0.4 is 5.32 Å². The molecule has 3 aromatic rings. The normalized spacial score (nSPS) is 10.3. The molecule has 21 heavy (non-hydrogen) atoms. The quantitative estimate of drug-likeness (QED) is 0.745. The Hall–Kier alpha value is -3.01. The SMILES string of the molecule is C=CC(=O)Nc1cccc(-c2cnc3ccccc3n2)c1. The van der Waals surface area contributed by atoms with Crippen molar-refractivity contribution in [3.05, 3.63) is 67.4 Å². The predicted molar refractivity (Wildman–Crippen MR) is 83.8 cm³/mol. The Morgan fingerprint density at radius 3 is 2.71 bits per heavy atom. The topological polar surface area (TPSA) is 54.9 Å². The summed E-state index contributed by atoms with van der Waals surface area (Å²) in [6.07, 6.45) is 2.97. The molecule has 0 spiro atoms. The number of hydrogen-bond donors (Lipinski definition) is 1. The number of amides is 1. The summed E-state index contributed by atoms with van der Waals surface area (Å²) in [5.74, 6) is -0.239. The number of rotatable bonds is 3. The third-order valence-electron chi connectivity index (χ3n) is 3.06. The number of carbonyl (C=O) groups is 1. The van der Waals surface area contributed by atoms with E-state index in [4.69, 9.17) is 0 Å². The molecular formula is C17H13N3O. The average Bonchev–Trinajstić information content (AvgIpc) is 2.54. The highest BCUT2D eigenvalue weighted by Crippen LogP contribution is 2.22. The van der Waals surface area contributed by atoms with Crippen molar-refractivity contribution in [2.24, 2.45) is 0 Å². The highest BCUT2D eigenvalue weighted by Gasteiger charge is 2.04. The maximum absolute atomic E-state index is 11.3. The van der Waals surface area contributed by atoms with E-state index in [1.165, 1.54) is 6.08 Å². The zero-order valence-corrected chi connectivity index (χ0v) is 11.3. The molecule has 0 saturated carbocycles. The Kier molecular flexibility index (Phi) is 3.43. The molecule has 0 atom stereocenters. The van der Waals surface area contributed by atoms with E-state index < -0.39 is 0 Å². The minimum absolute atomic E-state index is 0.239. The van der Waals surface area contributed by atoms with Crippen molar-refractivity contribution >= 4 is 22.6 Å². The minimum Gasteiger partial charge on any atom is -0.323 e.